The first-order valence-electron chi connectivity index (χ1n) is 9.85. The van der Waals surface area contributed by atoms with Crippen molar-refractivity contribution in [3.8, 4) is 11.3 Å². The molecule has 2 aromatic carbocycles. The molecule has 0 aliphatic carbocycles. The Morgan fingerprint density at radius 2 is 1.81 bits per heavy atom. The zero-order valence-corrected chi connectivity index (χ0v) is 19.8. The molecule has 2 N–H and O–H groups in total. The predicted octanol–water partition coefficient (Wildman–Crippen LogP) is 6.53. The summed E-state index contributed by atoms with van der Waals surface area (Å²) < 4.78 is 5.66. The highest BCUT2D eigenvalue weighted by atomic mass is 35.5. The molecule has 162 valence electrons. The zero-order chi connectivity index (χ0) is 22.5. The van der Waals surface area contributed by atoms with Crippen LogP contribution in [0.25, 0.3) is 11.3 Å². The summed E-state index contributed by atoms with van der Waals surface area (Å²) in [5.74, 6) is 0.0995. The molecule has 0 aliphatic rings. The molecule has 0 aliphatic heterocycles. The van der Waals surface area contributed by atoms with Gasteiger partial charge in [-0.1, -0.05) is 23.2 Å². The molecule has 1 amide bonds. The number of hydrogen-bond acceptors (Lipinski definition) is 4. The number of thiocarbonyl (C=S) groups is 1. The Balaban J connectivity index is 1.67. The van der Waals surface area contributed by atoms with E-state index in [4.69, 9.17) is 39.8 Å². The van der Waals surface area contributed by atoms with Gasteiger partial charge in [0.2, 0.25) is 0 Å². The van der Waals surface area contributed by atoms with Gasteiger partial charge in [-0.05, 0) is 87.1 Å². The number of carbonyl (C=O) groups is 1. The lowest BCUT2D eigenvalue weighted by molar-refractivity contribution is 0.0951. The highest BCUT2D eigenvalue weighted by molar-refractivity contribution is 7.80. The second kappa shape index (κ2) is 10.2. The molecule has 0 spiro atoms. The number of hydrogen-bond donors (Lipinski definition) is 2. The first-order valence-corrected chi connectivity index (χ1v) is 11.0. The van der Waals surface area contributed by atoms with Gasteiger partial charge in [-0.15, -0.1) is 0 Å². The number of furan rings is 1. The highest BCUT2D eigenvalue weighted by Crippen LogP contribution is 2.31. The summed E-state index contributed by atoms with van der Waals surface area (Å²) in [6.07, 6.45) is 0. The van der Waals surface area contributed by atoms with Gasteiger partial charge in [-0.25, -0.2) is 0 Å². The number of nitrogens with one attached hydrogen (secondary N) is 2. The number of anilines is 2. The minimum absolute atomic E-state index is 0.115. The smallest absolute Gasteiger partial charge is 0.293 e. The Morgan fingerprint density at radius 3 is 2.48 bits per heavy atom. The third-order valence-electron chi connectivity index (χ3n) is 4.84. The van der Waals surface area contributed by atoms with Crippen LogP contribution in [0.15, 0.2) is 52.9 Å². The average Bonchev–Trinajstić information content (AvgIpc) is 3.23. The molecule has 0 atom stereocenters. The van der Waals surface area contributed by atoms with E-state index in [1.54, 1.807) is 30.3 Å². The van der Waals surface area contributed by atoms with Crippen LogP contribution in [-0.2, 0) is 0 Å². The number of amides is 1. The van der Waals surface area contributed by atoms with E-state index < -0.39 is 5.91 Å². The zero-order valence-electron chi connectivity index (χ0n) is 17.5. The summed E-state index contributed by atoms with van der Waals surface area (Å²) >= 11 is 17.5. The molecule has 1 heterocycles. The van der Waals surface area contributed by atoms with Crippen molar-refractivity contribution in [1.29, 1.82) is 0 Å². The van der Waals surface area contributed by atoms with E-state index in [1.165, 1.54) is 0 Å². The highest BCUT2D eigenvalue weighted by Gasteiger charge is 2.16. The molecule has 3 rings (SSSR count). The van der Waals surface area contributed by atoms with Crippen LogP contribution in [0.4, 0.5) is 11.4 Å². The second-order valence-corrected chi connectivity index (χ2v) is 8.12. The average molecular weight is 476 g/mol. The van der Waals surface area contributed by atoms with Crippen LogP contribution in [-0.4, -0.2) is 24.1 Å². The predicted molar refractivity (Wildman–Crippen MR) is 133 cm³/mol. The fourth-order valence-corrected chi connectivity index (χ4v) is 3.77. The lowest BCUT2D eigenvalue weighted by Gasteiger charge is -2.22. The van der Waals surface area contributed by atoms with Crippen molar-refractivity contribution in [1.82, 2.24) is 5.32 Å². The molecule has 0 saturated carbocycles. The number of carbonyl (C=O) groups excluding carboxylic acids is 1. The van der Waals surface area contributed by atoms with E-state index in [2.05, 4.69) is 35.4 Å². The lowest BCUT2D eigenvalue weighted by atomic mass is 10.1. The first kappa shape index (κ1) is 23.1. The van der Waals surface area contributed by atoms with Crippen LogP contribution < -0.4 is 15.5 Å². The largest absolute Gasteiger partial charge is 0.451 e. The molecule has 0 bridgehead atoms. The first-order chi connectivity index (χ1) is 14.8. The molecule has 1 aromatic heterocycles. The van der Waals surface area contributed by atoms with Gasteiger partial charge in [-0.2, -0.15) is 0 Å². The van der Waals surface area contributed by atoms with E-state index >= 15 is 0 Å². The summed E-state index contributed by atoms with van der Waals surface area (Å²) in [7, 11) is 0. The molecule has 0 unspecified atom stereocenters. The third-order valence-corrected chi connectivity index (χ3v) is 5.61. The van der Waals surface area contributed by atoms with Gasteiger partial charge in [-0.3, -0.25) is 10.1 Å². The van der Waals surface area contributed by atoms with Crippen LogP contribution in [0.5, 0.6) is 0 Å². The topological polar surface area (TPSA) is 57.5 Å². The van der Waals surface area contributed by atoms with Crippen molar-refractivity contribution in [3.63, 3.8) is 0 Å². The molecule has 31 heavy (non-hydrogen) atoms. The van der Waals surface area contributed by atoms with Crippen LogP contribution in [0.2, 0.25) is 10.0 Å². The molecule has 0 saturated heterocycles. The van der Waals surface area contributed by atoms with Crippen LogP contribution in [0.1, 0.15) is 30.0 Å². The van der Waals surface area contributed by atoms with Crippen molar-refractivity contribution in [3.05, 3.63) is 69.9 Å². The fourth-order valence-electron chi connectivity index (χ4n) is 3.18. The van der Waals surface area contributed by atoms with E-state index in [1.807, 2.05) is 19.1 Å². The van der Waals surface area contributed by atoms with Crippen molar-refractivity contribution in [2.45, 2.75) is 20.8 Å². The number of rotatable bonds is 6. The van der Waals surface area contributed by atoms with E-state index in [9.17, 15) is 4.79 Å². The maximum atomic E-state index is 12.5. The normalized spacial score (nSPS) is 10.6. The maximum absolute atomic E-state index is 12.5. The summed E-state index contributed by atoms with van der Waals surface area (Å²) in [4.78, 5) is 14.8. The number of nitrogens with zero attached hydrogens (tertiary/aromatic N) is 1. The molecule has 0 radical (unpaired) electrons. The van der Waals surface area contributed by atoms with Crippen LogP contribution in [0.3, 0.4) is 0 Å². The van der Waals surface area contributed by atoms with Gasteiger partial charge in [0.15, 0.2) is 10.9 Å². The Kier molecular flexibility index (Phi) is 7.59. The summed E-state index contributed by atoms with van der Waals surface area (Å²) in [6.45, 7) is 8.10. The molecular weight excluding hydrogens is 453 g/mol. The number of benzene rings is 2. The van der Waals surface area contributed by atoms with Gasteiger partial charge < -0.3 is 14.6 Å². The Morgan fingerprint density at radius 1 is 1.06 bits per heavy atom. The van der Waals surface area contributed by atoms with E-state index in [-0.39, 0.29) is 10.9 Å². The summed E-state index contributed by atoms with van der Waals surface area (Å²) in [5, 5.41) is 6.89. The summed E-state index contributed by atoms with van der Waals surface area (Å²) in [6, 6.07) is 14.3. The van der Waals surface area contributed by atoms with Crippen LogP contribution >= 0.6 is 35.4 Å². The quantitative estimate of drug-likeness (QED) is 0.396. The van der Waals surface area contributed by atoms with Crippen molar-refractivity contribution in [2.24, 2.45) is 0 Å². The SMILES string of the molecule is CCN(CC)c1ccc(NC(=S)NC(=O)c2ccc(-c3cc(Cl)ccc3Cl)o2)c(C)c1. The molecule has 0 fully saturated rings. The fraction of sp³-hybridized carbons (Fsp3) is 0.217. The molecule has 3 aromatic rings. The minimum atomic E-state index is -0.459. The van der Waals surface area contributed by atoms with Crippen molar-refractivity contribution >= 4 is 57.8 Å². The van der Waals surface area contributed by atoms with Gasteiger partial charge in [0.25, 0.3) is 5.91 Å². The van der Waals surface area contributed by atoms with Gasteiger partial charge in [0, 0.05) is 35.1 Å². The lowest BCUT2D eigenvalue weighted by Crippen LogP contribution is -2.34. The Hall–Kier alpha value is -2.54. The molecule has 8 heteroatoms. The molecular formula is C23H23Cl2N3O2S. The third kappa shape index (κ3) is 5.58. The van der Waals surface area contributed by atoms with Gasteiger partial charge in [0.1, 0.15) is 5.76 Å². The number of aryl methyl sites for hydroxylation is 1. The standard InChI is InChI=1S/C23H23Cl2N3O2S/c1-4-28(5-2)16-7-9-19(14(3)12-16)26-23(31)27-22(29)21-11-10-20(30-21)17-13-15(24)6-8-18(17)25/h6-13H,4-5H2,1-3H3,(H2,26,27,29,31). The van der Waals surface area contributed by atoms with E-state index in [0.717, 1.165) is 30.0 Å². The maximum Gasteiger partial charge on any atom is 0.293 e. The number of halogens is 2. The Labute approximate surface area is 197 Å². The van der Waals surface area contributed by atoms with Crippen LogP contribution in [0, 0.1) is 6.92 Å². The summed E-state index contributed by atoms with van der Waals surface area (Å²) in [5.41, 5.74) is 3.60. The van der Waals surface area contributed by atoms with Gasteiger partial charge in [0.05, 0.1) is 5.02 Å². The van der Waals surface area contributed by atoms with Gasteiger partial charge >= 0.3 is 0 Å². The molecule has 5 nitrogen and oxygen atoms in total. The minimum Gasteiger partial charge on any atom is -0.451 e. The van der Waals surface area contributed by atoms with Crippen molar-refractivity contribution in [2.75, 3.05) is 23.3 Å². The van der Waals surface area contributed by atoms with Crippen molar-refractivity contribution < 1.29 is 9.21 Å². The monoisotopic (exact) mass is 475 g/mol. The van der Waals surface area contributed by atoms with E-state index in [0.29, 0.717) is 21.4 Å². The Bertz CT molecular complexity index is 1110. The second-order valence-electron chi connectivity index (χ2n) is 6.87.